The van der Waals surface area contributed by atoms with E-state index in [1.807, 2.05) is 6.07 Å². The van der Waals surface area contributed by atoms with Gasteiger partial charge in [-0.05, 0) is 24.6 Å². The van der Waals surface area contributed by atoms with Crippen LogP contribution in [0.25, 0.3) is 0 Å². The second kappa shape index (κ2) is 4.75. The lowest BCUT2D eigenvalue weighted by Crippen LogP contribution is -2.47. The first kappa shape index (κ1) is 11.9. The Morgan fingerprint density at radius 2 is 2.22 bits per heavy atom. The molecule has 1 aliphatic heterocycles. The van der Waals surface area contributed by atoms with Crippen LogP contribution in [0.1, 0.15) is 18.4 Å². The third-order valence-corrected chi connectivity index (χ3v) is 2.73. The van der Waals surface area contributed by atoms with Gasteiger partial charge in [0.05, 0.1) is 11.3 Å². The van der Waals surface area contributed by atoms with E-state index in [9.17, 15) is 9.59 Å². The van der Waals surface area contributed by atoms with Crippen LogP contribution in [0.15, 0.2) is 18.2 Å². The Balaban J connectivity index is 2.17. The van der Waals surface area contributed by atoms with Crippen LogP contribution < -0.4 is 16.4 Å². The van der Waals surface area contributed by atoms with Gasteiger partial charge in [-0.15, -0.1) is 0 Å². The van der Waals surface area contributed by atoms with Crippen LogP contribution in [-0.2, 0) is 9.59 Å². The minimum absolute atomic E-state index is 0.268. The molecule has 0 aromatic heterocycles. The highest BCUT2D eigenvalue weighted by molar-refractivity contribution is 6.01. The van der Waals surface area contributed by atoms with E-state index in [2.05, 4.69) is 10.6 Å². The number of nitrogen functional groups attached to an aromatic ring is 1. The summed E-state index contributed by atoms with van der Waals surface area (Å²) in [5.74, 6) is -0.636. The van der Waals surface area contributed by atoms with Crippen LogP contribution in [0.5, 0.6) is 0 Å². The van der Waals surface area contributed by atoms with Crippen molar-refractivity contribution >= 4 is 23.2 Å². The number of nitriles is 1. The summed E-state index contributed by atoms with van der Waals surface area (Å²) in [6.45, 7) is 0. The number of carbonyl (C=O) groups excluding carboxylic acids is 2. The minimum Gasteiger partial charge on any atom is -0.399 e. The largest absolute Gasteiger partial charge is 0.399 e. The number of hydrogen-bond acceptors (Lipinski definition) is 5. The molecule has 1 atom stereocenters. The maximum atomic E-state index is 11.6. The molecule has 1 heterocycles. The molecule has 2 rings (SSSR count). The lowest BCUT2D eigenvalue weighted by Gasteiger charge is -2.23. The van der Waals surface area contributed by atoms with Gasteiger partial charge in [-0.25, -0.2) is 0 Å². The first-order valence-corrected chi connectivity index (χ1v) is 5.50. The molecule has 1 fully saturated rings. The predicted molar refractivity (Wildman–Crippen MR) is 65.4 cm³/mol. The van der Waals surface area contributed by atoms with E-state index in [1.54, 1.807) is 12.1 Å². The molecule has 6 nitrogen and oxygen atoms in total. The van der Waals surface area contributed by atoms with Gasteiger partial charge < -0.3 is 11.1 Å². The van der Waals surface area contributed by atoms with Crippen LogP contribution in [0, 0.1) is 11.3 Å². The van der Waals surface area contributed by atoms with E-state index in [0.29, 0.717) is 29.8 Å². The molecule has 0 bridgehead atoms. The highest BCUT2D eigenvalue weighted by Crippen LogP contribution is 2.20. The number of benzene rings is 1. The molecule has 0 radical (unpaired) electrons. The number of rotatable bonds is 2. The maximum absolute atomic E-state index is 11.6. The first-order valence-electron chi connectivity index (χ1n) is 5.50. The first-order chi connectivity index (χ1) is 8.60. The van der Waals surface area contributed by atoms with Gasteiger partial charge >= 0.3 is 0 Å². The topological polar surface area (TPSA) is 108 Å². The summed E-state index contributed by atoms with van der Waals surface area (Å²) in [6, 6.07) is 6.34. The molecule has 4 N–H and O–H groups in total. The lowest BCUT2D eigenvalue weighted by molar-refractivity contribution is -0.133. The van der Waals surface area contributed by atoms with E-state index < -0.39 is 6.04 Å². The third-order valence-electron chi connectivity index (χ3n) is 2.73. The third kappa shape index (κ3) is 2.40. The van der Waals surface area contributed by atoms with Crippen molar-refractivity contribution in [2.45, 2.75) is 18.9 Å². The van der Waals surface area contributed by atoms with Crippen molar-refractivity contribution in [3.63, 3.8) is 0 Å². The fraction of sp³-hybridized carbons (Fsp3) is 0.250. The summed E-state index contributed by atoms with van der Waals surface area (Å²) >= 11 is 0. The van der Waals surface area contributed by atoms with E-state index >= 15 is 0 Å². The maximum Gasteiger partial charge on any atom is 0.249 e. The summed E-state index contributed by atoms with van der Waals surface area (Å²) in [5, 5.41) is 14.2. The zero-order valence-corrected chi connectivity index (χ0v) is 9.56. The van der Waals surface area contributed by atoms with Crippen LogP contribution in [0.3, 0.4) is 0 Å². The Labute approximate surface area is 104 Å². The molecule has 6 heteroatoms. The summed E-state index contributed by atoms with van der Waals surface area (Å²) in [5.41, 5.74) is 6.98. The quantitative estimate of drug-likeness (QED) is 0.514. The van der Waals surface area contributed by atoms with Crippen LogP contribution >= 0.6 is 0 Å². The molecular formula is C12H12N4O2. The molecule has 0 aliphatic carbocycles. The fourth-order valence-corrected chi connectivity index (χ4v) is 1.80. The van der Waals surface area contributed by atoms with E-state index in [0.717, 1.165) is 0 Å². The van der Waals surface area contributed by atoms with Gasteiger partial charge in [0.1, 0.15) is 12.1 Å². The Morgan fingerprint density at radius 1 is 1.44 bits per heavy atom. The van der Waals surface area contributed by atoms with E-state index in [4.69, 9.17) is 11.0 Å². The number of piperidine rings is 1. The molecule has 0 saturated carbocycles. The molecular weight excluding hydrogens is 232 g/mol. The average molecular weight is 244 g/mol. The van der Waals surface area contributed by atoms with Crippen molar-refractivity contribution in [1.82, 2.24) is 5.32 Å². The molecule has 1 aliphatic rings. The zero-order chi connectivity index (χ0) is 13.1. The number of nitrogens with one attached hydrogen (secondary N) is 2. The number of amides is 2. The van der Waals surface area contributed by atoms with Gasteiger partial charge in [0.2, 0.25) is 11.8 Å². The van der Waals surface area contributed by atoms with Crippen LogP contribution in [0.2, 0.25) is 0 Å². The van der Waals surface area contributed by atoms with Crippen molar-refractivity contribution < 1.29 is 9.59 Å². The van der Waals surface area contributed by atoms with Gasteiger partial charge in [-0.1, -0.05) is 0 Å². The number of nitrogens with zero attached hydrogens (tertiary/aromatic N) is 1. The molecule has 1 saturated heterocycles. The highest BCUT2D eigenvalue weighted by Gasteiger charge is 2.26. The number of hydrogen-bond donors (Lipinski definition) is 3. The van der Waals surface area contributed by atoms with Crippen molar-refractivity contribution in [3.8, 4) is 6.07 Å². The summed E-state index contributed by atoms with van der Waals surface area (Å²) in [6.07, 6.45) is 0.709. The van der Waals surface area contributed by atoms with Crippen molar-refractivity contribution in [3.05, 3.63) is 23.8 Å². The molecule has 2 amide bonds. The molecule has 1 aromatic carbocycles. The standard InChI is InChI=1S/C12H12N4O2/c13-6-7-5-8(14)1-2-9(7)15-10-3-4-11(17)16-12(10)18/h1-2,5,10,15H,3-4,14H2,(H,16,17,18). The lowest BCUT2D eigenvalue weighted by atomic mass is 10.0. The van der Waals surface area contributed by atoms with Crippen molar-refractivity contribution in [2.75, 3.05) is 11.1 Å². The van der Waals surface area contributed by atoms with Gasteiger partial charge in [0.25, 0.3) is 0 Å². The summed E-state index contributed by atoms with van der Waals surface area (Å²) < 4.78 is 0. The number of carbonyl (C=O) groups is 2. The number of imide groups is 1. The van der Waals surface area contributed by atoms with Gasteiger partial charge in [0.15, 0.2) is 0 Å². The Morgan fingerprint density at radius 3 is 2.89 bits per heavy atom. The van der Waals surface area contributed by atoms with Gasteiger partial charge in [-0.3, -0.25) is 14.9 Å². The normalized spacial score (nSPS) is 18.9. The van der Waals surface area contributed by atoms with E-state index in [1.165, 1.54) is 6.07 Å². The smallest absolute Gasteiger partial charge is 0.249 e. The summed E-state index contributed by atoms with van der Waals surface area (Å²) in [7, 11) is 0. The van der Waals surface area contributed by atoms with Crippen molar-refractivity contribution in [2.24, 2.45) is 0 Å². The van der Waals surface area contributed by atoms with E-state index in [-0.39, 0.29) is 11.8 Å². The predicted octanol–water partition coefficient (Wildman–Crippen LogP) is 0.358. The number of nitrogens with two attached hydrogens (primary N) is 1. The van der Waals surface area contributed by atoms with Gasteiger partial charge in [0, 0.05) is 12.1 Å². The monoisotopic (exact) mass is 244 g/mol. The fourth-order valence-electron chi connectivity index (χ4n) is 1.80. The second-order valence-corrected chi connectivity index (χ2v) is 4.06. The molecule has 1 aromatic rings. The van der Waals surface area contributed by atoms with Gasteiger partial charge in [-0.2, -0.15) is 5.26 Å². The Kier molecular flexibility index (Phi) is 3.15. The molecule has 92 valence electrons. The molecule has 0 spiro atoms. The Bertz CT molecular complexity index is 547. The molecule has 1 unspecified atom stereocenters. The summed E-state index contributed by atoms with van der Waals surface area (Å²) in [4.78, 5) is 22.6. The minimum atomic E-state index is -0.501. The number of anilines is 2. The van der Waals surface area contributed by atoms with Crippen LogP contribution in [0.4, 0.5) is 11.4 Å². The van der Waals surface area contributed by atoms with Crippen LogP contribution in [-0.4, -0.2) is 17.9 Å². The zero-order valence-electron chi connectivity index (χ0n) is 9.56. The second-order valence-electron chi connectivity index (χ2n) is 4.06. The average Bonchev–Trinajstić information content (AvgIpc) is 2.34. The highest BCUT2D eigenvalue weighted by atomic mass is 16.2. The molecule has 18 heavy (non-hydrogen) atoms. The SMILES string of the molecule is N#Cc1cc(N)ccc1NC1CCC(=O)NC1=O. The Hall–Kier alpha value is -2.55. The van der Waals surface area contributed by atoms with Crippen molar-refractivity contribution in [1.29, 1.82) is 5.26 Å².